The number of hydrogen-bond acceptors (Lipinski definition) is 4. The molecule has 1 amide bonds. The molecule has 3 rings (SSSR count). The van der Waals surface area contributed by atoms with Gasteiger partial charge in [0.05, 0.1) is 6.10 Å². The molecule has 2 aliphatic rings. The third kappa shape index (κ3) is 3.32. The first-order valence-corrected chi connectivity index (χ1v) is 8.04. The molecule has 0 N–H and O–H groups in total. The molecule has 1 aromatic rings. The Morgan fingerprint density at radius 3 is 2.91 bits per heavy atom. The quantitative estimate of drug-likeness (QED) is 0.598. The molecule has 1 spiro atoms. The van der Waals surface area contributed by atoms with Crippen LogP contribution in [0.4, 0.5) is 0 Å². The zero-order chi connectivity index (χ0) is 16.1. The van der Waals surface area contributed by atoms with Gasteiger partial charge in [-0.2, -0.15) is 0 Å². The van der Waals surface area contributed by atoms with E-state index in [1.807, 2.05) is 30.3 Å². The number of piperidine rings is 1. The minimum absolute atomic E-state index is 0.0183. The second-order valence-corrected chi connectivity index (χ2v) is 5.99. The predicted octanol–water partition coefficient (Wildman–Crippen LogP) is 2.82. The molecular formula is C18H23NO4. The van der Waals surface area contributed by atoms with Gasteiger partial charge in [-0.15, -0.1) is 0 Å². The maximum Gasteiger partial charge on any atom is 0.247 e. The molecule has 1 heterocycles. The van der Waals surface area contributed by atoms with Crippen molar-refractivity contribution in [1.82, 2.24) is 5.06 Å². The van der Waals surface area contributed by atoms with Crippen molar-refractivity contribution >= 4 is 5.91 Å². The van der Waals surface area contributed by atoms with Gasteiger partial charge < -0.3 is 9.47 Å². The molecule has 0 unspecified atom stereocenters. The molecule has 5 nitrogen and oxygen atoms in total. The summed E-state index contributed by atoms with van der Waals surface area (Å²) in [5.41, 5.74) is 0.528. The second-order valence-electron chi connectivity index (χ2n) is 5.99. The number of hydrogen-bond donors (Lipinski definition) is 0. The standard InChI is InChI=1S/C18H23NO4/c1-21-14-22-16-9-5-11-18(16)12-6-10-17(20)19(18)23-13-15-7-3-2-4-8-15/h2-5,7-8,11,16H,6,9-10,12-14H2,1H3/t16-,18+/m1/s1. The SMILES string of the molecule is COCO[C@@H]1CC=C[C@]12CCCC(=O)N2OCc1ccccc1. The molecule has 1 saturated heterocycles. The van der Waals surface area contributed by atoms with E-state index in [1.165, 1.54) is 0 Å². The van der Waals surface area contributed by atoms with E-state index in [2.05, 4.69) is 12.2 Å². The first kappa shape index (κ1) is 16.2. The molecule has 1 aromatic carbocycles. The van der Waals surface area contributed by atoms with Crippen molar-refractivity contribution in [2.75, 3.05) is 13.9 Å². The average molecular weight is 317 g/mol. The lowest BCUT2D eigenvalue weighted by Crippen LogP contribution is -2.58. The van der Waals surface area contributed by atoms with E-state index in [0.717, 1.165) is 24.8 Å². The Morgan fingerprint density at radius 1 is 1.30 bits per heavy atom. The Kier molecular flexibility index (Phi) is 5.10. The molecule has 1 aliphatic carbocycles. The molecule has 0 bridgehead atoms. The lowest BCUT2D eigenvalue weighted by molar-refractivity contribution is -0.251. The lowest BCUT2D eigenvalue weighted by Gasteiger charge is -2.45. The van der Waals surface area contributed by atoms with E-state index < -0.39 is 5.54 Å². The minimum atomic E-state index is -0.511. The topological polar surface area (TPSA) is 48.0 Å². The Balaban J connectivity index is 1.76. The Hall–Kier alpha value is -1.69. The van der Waals surface area contributed by atoms with Crippen LogP contribution in [0.1, 0.15) is 31.2 Å². The molecule has 2 atom stereocenters. The summed E-state index contributed by atoms with van der Waals surface area (Å²) in [6.45, 7) is 0.591. The number of carbonyl (C=O) groups excluding carboxylic acids is 1. The van der Waals surface area contributed by atoms with Gasteiger partial charge in [-0.05, 0) is 24.8 Å². The summed E-state index contributed by atoms with van der Waals surface area (Å²) >= 11 is 0. The summed E-state index contributed by atoms with van der Waals surface area (Å²) in [7, 11) is 1.60. The van der Waals surface area contributed by atoms with Crippen LogP contribution in [-0.2, 0) is 25.7 Å². The highest BCUT2D eigenvalue weighted by molar-refractivity contribution is 5.77. The largest absolute Gasteiger partial charge is 0.359 e. The van der Waals surface area contributed by atoms with Crippen LogP contribution >= 0.6 is 0 Å². The fourth-order valence-corrected chi connectivity index (χ4v) is 3.38. The van der Waals surface area contributed by atoms with Crippen LogP contribution in [0.25, 0.3) is 0 Å². The molecule has 1 fully saturated rings. The van der Waals surface area contributed by atoms with Gasteiger partial charge in [0.25, 0.3) is 0 Å². The third-order valence-corrected chi connectivity index (χ3v) is 4.48. The smallest absolute Gasteiger partial charge is 0.247 e. The summed E-state index contributed by atoms with van der Waals surface area (Å²) in [5, 5.41) is 1.55. The zero-order valence-electron chi connectivity index (χ0n) is 13.4. The van der Waals surface area contributed by atoms with Crippen molar-refractivity contribution < 1.29 is 19.1 Å². The van der Waals surface area contributed by atoms with Gasteiger partial charge in [0.1, 0.15) is 18.9 Å². The van der Waals surface area contributed by atoms with Crippen LogP contribution in [0.3, 0.4) is 0 Å². The number of nitrogens with zero attached hydrogens (tertiary/aromatic N) is 1. The number of carbonyl (C=O) groups is 1. The van der Waals surface area contributed by atoms with Crippen molar-refractivity contribution in [3.8, 4) is 0 Å². The number of methoxy groups -OCH3 is 1. The van der Waals surface area contributed by atoms with E-state index in [0.29, 0.717) is 13.0 Å². The summed E-state index contributed by atoms with van der Waals surface area (Å²) in [5.74, 6) is 0.0183. The monoisotopic (exact) mass is 317 g/mol. The minimum Gasteiger partial charge on any atom is -0.359 e. The third-order valence-electron chi connectivity index (χ3n) is 4.48. The van der Waals surface area contributed by atoms with Crippen LogP contribution in [0, 0.1) is 0 Å². The van der Waals surface area contributed by atoms with E-state index in [4.69, 9.17) is 14.3 Å². The normalized spacial score (nSPS) is 27.1. The lowest BCUT2D eigenvalue weighted by atomic mass is 9.85. The fourth-order valence-electron chi connectivity index (χ4n) is 3.38. The Morgan fingerprint density at radius 2 is 2.13 bits per heavy atom. The second kappa shape index (κ2) is 7.25. The van der Waals surface area contributed by atoms with Crippen molar-refractivity contribution in [2.24, 2.45) is 0 Å². The van der Waals surface area contributed by atoms with E-state index in [-0.39, 0.29) is 18.8 Å². The zero-order valence-corrected chi connectivity index (χ0v) is 13.4. The number of hydroxylamine groups is 2. The van der Waals surface area contributed by atoms with E-state index >= 15 is 0 Å². The highest BCUT2D eigenvalue weighted by atomic mass is 16.7. The van der Waals surface area contributed by atoms with Crippen molar-refractivity contribution in [1.29, 1.82) is 0 Å². The first-order valence-electron chi connectivity index (χ1n) is 8.04. The van der Waals surface area contributed by atoms with Crippen molar-refractivity contribution in [2.45, 2.75) is 43.9 Å². The molecule has 0 aromatic heterocycles. The number of benzene rings is 1. The molecular weight excluding hydrogens is 294 g/mol. The number of amides is 1. The van der Waals surface area contributed by atoms with Crippen LogP contribution in [0.15, 0.2) is 42.5 Å². The summed E-state index contributed by atoms with van der Waals surface area (Å²) in [4.78, 5) is 18.4. The van der Waals surface area contributed by atoms with Crippen LogP contribution in [-0.4, -0.2) is 36.5 Å². The van der Waals surface area contributed by atoms with Gasteiger partial charge >= 0.3 is 0 Å². The Labute approximate surface area is 136 Å². The van der Waals surface area contributed by atoms with E-state index in [9.17, 15) is 4.79 Å². The molecule has 0 saturated carbocycles. The molecule has 23 heavy (non-hydrogen) atoms. The fraction of sp³-hybridized carbons (Fsp3) is 0.500. The molecule has 124 valence electrons. The molecule has 5 heteroatoms. The number of ether oxygens (including phenoxy) is 2. The van der Waals surface area contributed by atoms with Crippen LogP contribution < -0.4 is 0 Å². The Bertz CT molecular complexity index is 559. The van der Waals surface area contributed by atoms with Gasteiger partial charge in [-0.1, -0.05) is 42.5 Å². The average Bonchev–Trinajstić information content (AvgIpc) is 2.96. The van der Waals surface area contributed by atoms with Crippen molar-refractivity contribution in [3.05, 3.63) is 48.0 Å². The van der Waals surface area contributed by atoms with Gasteiger partial charge in [-0.3, -0.25) is 9.63 Å². The van der Waals surface area contributed by atoms with Crippen LogP contribution in [0.2, 0.25) is 0 Å². The van der Waals surface area contributed by atoms with Gasteiger partial charge in [-0.25, -0.2) is 5.06 Å². The van der Waals surface area contributed by atoms with Gasteiger partial charge in [0, 0.05) is 13.5 Å². The predicted molar refractivity (Wildman–Crippen MR) is 85.2 cm³/mol. The van der Waals surface area contributed by atoms with Gasteiger partial charge in [0.15, 0.2) is 0 Å². The first-order chi connectivity index (χ1) is 11.3. The molecule has 0 radical (unpaired) electrons. The highest BCUT2D eigenvalue weighted by Crippen LogP contribution is 2.40. The highest BCUT2D eigenvalue weighted by Gasteiger charge is 2.50. The van der Waals surface area contributed by atoms with Gasteiger partial charge in [0.2, 0.25) is 5.91 Å². The molecule has 1 aliphatic heterocycles. The number of rotatable bonds is 6. The van der Waals surface area contributed by atoms with E-state index in [1.54, 1.807) is 12.2 Å². The maximum absolute atomic E-state index is 12.5. The summed E-state index contributed by atoms with van der Waals surface area (Å²) in [6, 6.07) is 9.87. The maximum atomic E-state index is 12.5. The van der Waals surface area contributed by atoms with Crippen molar-refractivity contribution in [3.63, 3.8) is 0 Å². The summed E-state index contributed by atoms with van der Waals surface area (Å²) in [6.07, 6.45) is 6.98. The summed E-state index contributed by atoms with van der Waals surface area (Å²) < 4.78 is 10.9. The van der Waals surface area contributed by atoms with Crippen LogP contribution in [0.5, 0.6) is 0 Å².